The van der Waals surface area contributed by atoms with Gasteiger partial charge in [-0.3, -0.25) is 0 Å². The van der Waals surface area contributed by atoms with E-state index in [4.69, 9.17) is 9.84 Å². The number of benzene rings is 1. The smallest absolute Gasteiger partial charge is 0.140 e. The Bertz CT molecular complexity index is 455. The minimum atomic E-state index is 0.0376. The minimum absolute atomic E-state index is 0.0376. The minimum Gasteiger partial charge on any atom is -0.486 e. The van der Waals surface area contributed by atoms with Crippen LogP contribution in [0.25, 0.3) is 0 Å². The van der Waals surface area contributed by atoms with E-state index in [1.54, 1.807) is 6.20 Å². The van der Waals surface area contributed by atoms with Gasteiger partial charge in [-0.15, -0.1) is 11.3 Å². The van der Waals surface area contributed by atoms with Gasteiger partial charge in [0, 0.05) is 10.7 Å². The highest BCUT2D eigenvalue weighted by molar-refractivity contribution is 9.10. The zero-order chi connectivity index (χ0) is 11.4. The lowest BCUT2D eigenvalue weighted by atomic mass is 10.3. The Morgan fingerprint density at radius 1 is 1.31 bits per heavy atom. The number of thiazole rings is 1. The molecule has 0 atom stereocenters. The van der Waals surface area contributed by atoms with E-state index in [0.717, 1.165) is 20.1 Å². The molecule has 2 rings (SSSR count). The second-order valence-electron chi connectivity index (χ2n) is 3.12. The Morgan fingerprint density at radius 2 is 2.06 bits per heavy atom. The number of aliphatic hydroxyl groups excluding tert-OH is 1. The number of rotatable bonds is 4. The summed E-state index contributed by atoms with van der Waals surface area (Å²) in [6.45, 7) is 0.474. The predicted molar refractivity (Wildman–Crippen MR) is 66.5 cm³/mol. The number of nitrogens with zero attached hydrogens (tertiary/aromatic N) is 1. The van der Waals surface area contributed by atoms with Crippen molar-refractivity contribution in [3.05, 3.63) is 44.8 Å². The quantitative estimate of drug-likeness (QED) is 0.944. The van der Waals surface area contributed by atoms with Crippen LogP contribution in [0.3, 0.4) is 0 Å². The summed E-state index contributed by atoms with van der Waals surface area (Å²) in [5.74, 6) is 0.809. The summed E-state index contributed by atoms with van der Waals surface area (Å²) in [4.78, 5) is 5.00. The maximum atomic E-state index is 8.89. The highest BCUT2D eigenvalue weighted by Gasteiger charge is 2.02. The van der Waals surface area contributed by atoms with E-state index in [1.165, 1.54) is 11.3 Å². The average molecular weight is 300 g/mol. The molecule has 0 aliphatic carbocycles. The fourth-order valence-corrected chi connectivity index (χ4v) is 2.12. The van der Waals surface area contributed by atoms with Crippen LogP contribution in [0.4, 0.5) is 0 Å². The fraction of sp³-hybridized carbons (Fsp3) is 0.182. The van der Waals surface area contributed by atoms with Gasteiger partial charge in [0.1, 0.15) is 17.4 Å². The van der Waals surface area contributed by atoms with Gasteiger partial charge in [-0.2, -0.15) is 0 Å². The van der Waals surface area contributed by atoms with E-state index >= 15 is 0 Å². The van der Waals surface area contributed by atoms with Crippen LogP contribution in [0.1, 0.15) is 9.88 Å². The zero-order valence-electron chi connectivity index (χ0n) is 8.39. The molecule has 84 valence electrons. The molecule has 0 radical (unpaired) electrons. The molecule has 0 bridgehead atoms. The summed E-state index contributed by atoms with van der Waals surface area (Å²) in [5, 5.41) is 9.76. The Morgan fingerprint density at radius 3 is 2.69 bits per heavy atom. The van der Waals surface area contributed by atoms with Crippen molar-refractivity contribution in [2.75, 3.05) is 0 Å². The Hall–Kier alpha value is -0.910. The third kappa shape index (κ3) is 3.04. The number of hydrogen-bond donors (Lipinski definition) is 1. The van der Waals surface area contributed by atoms with Crippen LogP contribution in [0.5, 0.6) is 5.75 Å². The second-order valence-corrected chi connectivity index (χ2v) is 5.24. The van der Waals surface area contributed by atoms with Crippen molar-refractivity contribution >= 4 is 27.3 Å². The summed E-state index contributed by atoms with van der Waals surface area (Å²) in [6.07, 6.45) is 1.67. The number of hydrogen-bond acceptors (Lipinski definition) is 4. The largest absolute Gasteiger partial charge is 0.486 e. The Labute approximate surface area is 106 Å². The van der Waals surface area contributed by atoms with E-state index in [9.17, 15) is 0 Å². The number of halogens is 1. The maximum absolute atomic E-state index is 8.89. The van der Waals surface area contributed by atoms with Crippen molar-refractivity contribution in [2.24, 2.45) is 0 Å². The first-order valence-corrected chi connectivity index (χ1v) is 6.31. The molecule has 0 amide bonds. The first-order valence-electron chi connectivity index (χ1n) is 4.71. The lowest BCUT2D eigenvalue weighted by molar-refractivity contribution is 0.285. The summed E-state index contributed by atoms with van der Waals surface area (Å²) in [7, 11) is 0. The van der Waals surface area contributed by atoms with Crippen molar-refractivity contribution in [1.82, 2.24) is 4.98 Å². The normalized spacial score (nSPS) is 10.4. The van der Waals surface area contributed by atoms with Gasteiger partial charge in [0.2, 0.25) is 0 Å². The molecule has 1 aromatic heterocycles. The predicted octanol–water partition coefficient (Wildman–Crippen LogP) is 2.98. The standard InChI is InChI=1S/C11H10BrNO2S/c12-8-1-3-9(4-2-8)15-7-11-13-5-10(6-14)16-11/h1-5,14H,6-7H2. The monoisotopic (exact) mass is 299 g/mol. The molecule has 0 fully saturated rings. The van der Waals surface area contributed by atoms with Gasteiger partial charge in [0.25, 0.3) is 0 Å². The first kappa shape index (κ1) is 11.6. The van der Waals surface area contributed by atoms with Crippen LogP contribution in [-0.4, -0.2) is 10.1 Å². The molecular weight excluding hydrogens is 290 g/mol. The van der Waals surface area contributed by atoms with Crippen LogP contribution in [-0.2, 0) is 13.2 Å². The number of aromatic nitrogens is 1. The molecule has 0 unspecified atom stereocenters. The van der Waals surface area contributed by atoms with E-state index in [1.807, 2.05) is 24.3 Å². The lowest BCUT2D eigenvalue weighted by Crippen LogP contribution is -1.93. The van der Waals surface area contributed by atoms with Gasteiger partial charge in [-0.25, -0.2) is 4.98 Å². The molecule has 1 aromatic carbocycles. The molecule has 0 spiro atoms. The highest BCUT2D eigenvalue weighted by atomic mass is 79.9. The van der Waals surface area contributed by atoms with Gasteiger partial charge in [0.15, 0.2) is 0 Å². The van der Waals surface area contributed by atoms with E-state index in [2.05, 4.69) is 20.9 Å². The van der Waals surface area contributed by atoms with E-state index in [-0.39, 0.29) is 6.61 Å². The zero-order valence-corrected chi connectivity index (χ0v) is 10.8. The molecule has 0 saturated heterocycles. The molecule has 0 aliphatic rings. The SMILES string of the molecule is OCc1cnc(COc2ccc(Br)cc2)s1. The summed E-state index contributed by atoms with van der Waals surface area (Å²) in [5.41, 5.74) is 0. The third-order valence-corrected chi connectivity index (χ3v) is 3.42. The third-order valence-electron chi connectivity index (χ3n) is 1.93. The molecule has 5 heteroatoms. The lowest BCUT2D eigenvalue weighted by Gasteiger charge is -2.03. The van der Waals surface area contributed by atoms with Gasteiger partial charge < -0.3 is 9.84 Å². The molecule has 0 saturated carbocycles. The molecule has 3 nitrogen and oxygen atoms in total. The van der Waals surface area contributed by atoms with Crippen molar-refractivity contribution in [2.45, 2.75) is 13.2 Å². The van der Waals surface area contributed by atoms with Crippen molar-refractivity contribution in [3.8, 4) is 5.75 Å². The van der Waals surface area contributed by atoms with Crippen LogP contribution < -0.4 is 4.74 Å². The van der Waals surface area contributed by atoms with Gasteiger partial charge in [0.05, 0.1) is 11.5 Å². The number of aliphatic hydroxyl groups is 1. The fourth-order valence-electron chi connectivity index (χ4n) is 1.16. The Balaban J connectivity index is 1.94. The summed E-state index contributed by atoms with van der Waals surface area (Å²) >= 11 is 4.82. The average Bonchev–Trinajstić information content (AvgIpc) is 2.76. The van der Waals surface area contributed by atoms with Crippen molar-refractivity contribution in [1.29, 1.82) is 0 Å². The molecule has 2 aromatic rings. The van der Waals surface area contributed by atoms with Gasteiger partial charge >= 0.3 is 0 Å². The van der Waals surface area contributed by atoms with Crippen molar-refractivity contribution < 1.29 is 9.84 Å². The molecule has 0 aliphatic heterocycles. The van der Waals surface area contributed by atoms with Crippen LogP contribution in [0.15, 0.2) is 34.9 Å². The molecule has 1 N–H and O–H groups in total. The van der Waals surface area contributed by atoms with Crippen LogP contribution >= 0.6 is 27.3 Å². The Kier molecular flexibility index (Phi) is 3.93. The van der Waals surface area contributed by atoms with Crippen LogP contribution in [0, 0.1) is 0 Å². The summed E-state index contributed by atoms with van der Waals surface area (Å²) in [6, 6.07) is 7.64. The van der Waals surface area contributed by atoms with Gasteiger partial charge in [-0.1, -0.05) is 15.9 Å². The first-order chi connectivity index (χ1) is 7.78. The molecule has 1 heterocycles. The highest BCUT2D eigenvalue weighted by Crippen LogP contribution is 2.19. The maximum Gasteiger partial charge on any atom is 0.140 e. The van der Waals surface area contributed by atoms with Crippen molar-refractivity contribution in [3.63, 3.8) is 0 Å². The summed E-state index contributed by atoms with van der Waals surface area (Å²) < 4.78 is 6.58. The topological polar surface area (TPSA) is 42.4 Å². The second kappa shape index (κ2) is 5.43. The number of ether oxygens (including phenoxy) is 1. The van der Waals surface area contributed by atoms with Gasteiger partial charge in [-0.05, 0) is 24.3 Å². The van der Waals surface area contributed by atoms with E-state index in [0.29, 0.717) is 6.61 Å². The molecular formula is C11H10BrNO2S. The molecule has 16 heavy (non-hydrogen) atoms. The van der Waals surface area contributed by atoms with E-state index < -0.39 is 0 Å². The van der Waals surface area contributed by atoms with Crippen LogP contribution in [0.2, 0.25) is 0 Å².